The van der Waals surface area contributed by atoms with Crippen LogP contribution in [0.1, 0.15) is 350 Å². The molecule has 2 unspecified atom stereocenters. The Hall–Kier alpha value is -0.840. The lowest BCUT2D eigenvalue weighted by Crippen LogP contribution is -3.00. The average Bonchev–Trinajstić information content (AvgIpc) is 3.79. The predicted octanol–water partition coefficient (Wildman–Crippen LogP) is 18.4. The van der Waals surface area contributed by atoms with Crippen LogP contribution in [0.2, 0.25) is 0 Å². The normalized spacial score (nSPS) is 12.6. The SMILES string of the molecule is CCCCCCCCCCCCCCCCCCC(CCCCCCCCCCCCCCCCCC)CCCCC(CCC(C)CCCC(C)C)OC(=O)CCCC[n+]1ccn(CCCC)c1.[Br-]. The standard InChI is InChI=1S/C64H125N2O2.BrH/c1-7-10-13-15-17-19-21-23-25-27-29-31-33-35-37-39-48-62(49-40-38-36-34-32-30-28-26-24-22-20-18-16-14-11-8-2)50-41-42-51-63(54-53-61(6)47-45-46-60(4)5)68-64(67)52-43-44-56-66-58-57-65(59-66)55-12-9-3;/h57-63H,7-56H2,1-6H3;1H/q+1;/p-1. The van der Waals surface area contributed by atoms with Crippen molar-refractivity contribution < 1.29 is 31.1 Å². The Morgan fingerprint density at radius 2 is 0.841 bits per heavy atom. The minimum absolute atomic E-state index is 0. The molecule has 0 radical (unpaired) electrons. The molecule has 0 aromatic carbocycles. The molecule has 0 saturated carbocycles. The van der Waals surface area contributed by atoms with Crippen LogP contribution in [0.4, 0.5) is 0 Å². The summed E-state index contributed by atoms with van der Waals surface area (Å²) in [7, 11) is 0. The first-order chi connectivity index (χ1) is 33.4. The van der Waals surface area contributed by atoms with Gasteiger partial charge < -0.3 is 21.7 Å². The predicted molar refractivity (Wildman–Crippen MR) is 301 cm³/mol. The number of unbranched alkanes of at least 4 members (excludes halogenated alkanes) is 33. The lowest BCUT2D eigenvalue weighted by atomic mass is 9.89. The van der Waals surface area contributed by atoms with Gasteiger partial charge in [0.25, 0.3) is 0 Å². The topological polar surface area (TPSA) is 35.1 Å². The van der Waals surface area contributed by atoms with Crippen LogP contribution in [0.25, 0.3) is 0 Å². The van der Waals surface area contributed by atoms with Crippen molar-refractivity contribution in [1.29, 1.82) is 0 Å². The van der Waals surface area contributed by atoms with Gasteiger partial charge in [-0.2, -0.15) is 0 Å². The third kappa shape index (κ3) is 47.9. The minimum Gasteiger partial charge on any atom is -1.00 e. The summed E-state index contributed by atoms with van der Waals surface area (Å²) in [4.78, 5) is 13.2. The maximum atomic E-state index is 13.2. The lowest BCUT2D eigenvalue weighted by Gasteiger charge is -2.21. The summed E-state index contributed by atoms with van der Waals surface area (Å²) in [5.41, 5.74) is 0. The number of nitrogens with zero attached hydrogens (tertiary/aromatic N) is 2. The van der Waals surface area contributed by atoms with E-state index in [1.807, 2.05) is 0 Å². The van der Waals surface area contributed by atoms with Gasteiger partial charge >= 0.3 is 5.97 Å². The van der Waals surface area contributed by atoms with Gasteiger partial charge in [-0.15, -0.1) is 0 Å². The van der Waals surface area contributed by atoms with Gasteiger partial charge in [0.2, 0.25) is 6.33 Å². The average molecular weight is 1030 g/mol. The molecular formula is C64H125BrN2O2. The van der Waals surface area contributed by atoms with E-state index in [9.17, 15) is 4.79 Å². The van der Waals surface area contributed by atoms with E-state index in [4.69, 9.17) is 4.74 Å². The largest absolute Gasteiger partial charge is 1.00 e. The second-order valence-corrected chi connectivity index (χ2v) is 23.2. The van der Waals surface area contributed by atoms with Gasteiger partial charge in [-0.25, -0.2) is 9.13 Å². The Labute approximate surface area is 444 Å². The van der Waals surface area contributed by atoms with Crippen LogP contribution in [0.5, 0.6) is 0 Å². The molecule has 0 amide bonds. The monoisotopic (exact) mass is 1030 g/mol. The van der Waals surface area contributed by atoms with Crippen LogP contribution < -0.4 is 21.5 Å². The molecule has 4 nitrogen and oxygen atoms in total. The van der Waals surface area contributed by atoms with Gasteiger partial charge in [-0.1, -0.05) is 298 Å². The number of hydrogen-bond acceptors (Lipinski definition) is 2. The maximum absolute atomic E-state index is 13.2. The molecule has 1 aromatic heterocycles. The minimum atomic E-state index is 0. The number of imidazole rings is 1. The highest BCUT2D eigenvalue weighted by Gasteiger charge is 2.18. The van der Waals surface area contributed by atoms with Gasteiger partial charge in [0.05, 0.1) is 13.1 Å². The van der Waals surface area contributed by atoms with Crippen LogP contribution >= 0.6 is 0 Å². The van der Waals surface area contributed by atoms with Crippen LogP contribution in [0, 0.1) is 17.8 Å². The number of ether oxygens (including phenoxy) is 1. The number of aromatic nitrogens is 2. The quantitative estimate of drug-likeness (QED) is 0.0370. The number of carbonyl (C=O) groups excluding carboxylic acids is 1. The molecular weight excluding hydrogens is 909 g/mol. The van der Waals surface area contributed by atoms with E-state index >= 15 is 0 Å². The Morgan fingerprint density at radius 3 is 1.28 bits per heavy atom. The van der Waals surface area contributed by atoms with Gasteiger partial charge in [-0.05, 0) is 62.7 Å². The van der Waals surface area contributed by atoms with Crippen LogP contribution in [0.3, 0.4) is 0 Å². The second-order valence-electron chi connectivity index (χ2n) is 23.2. The molecule has 5 heteroatoms. The lowest BCUT2D eigenvalue weighted by molar-refractivity contribution is -0.696. The summed E-state index contributed by atoms with van der Waals surface area (Å²) in [6.07, 6.45) is 71.9. The Bertz CT molecular complexity index is 1120. The fourth-order valence-electron chi connectivity index (χ4n) is 10.8. The Balaban J connectivity index is 0.0000462. The fourth-order valence-corrected chi connectivity index (χ4v) is 10.8. The van der Waals surface area contributed by atoms with E-state index in [0.717, 1.165) is 50.6 Å². The van der Waals surface area contributed by atoms with E-state index in [2.05, 4.69) is 69.4 Å². The summed E-state index contributed by atoms with van der Waals surface area (Å²) in [5.74, 6) is 2.42. The zero-order chi connectivity index (χ0) is 49.2. The number of hydrogen-bond donors (Lipinski definition) is 0. The van der Waals surface area contributed by atoms with Crippen molar-refractivity contribution in [3.63, 3.8) is 0 Å². The second kappa shape index (κ2) is 53.5. The van der Waals surface area contributed by atoms with Crippen LogP contribution in [-0.2, 0) is 22.6 Å². The Kier molecular flexibility index (Phi) is 52.8. The number of halogens is 1. The molecule has 1 rings (SSSR count). The highest BCUT2D eigenvalue weighted by Crippen LogP contribution is 2.27. The molecule has 410 valence electrons. The molecule has 0 N–H and O–H groups in total. The first kappa shape index (κ1) is 68.2. The van der Waals surface area contributed by atoms with Crippen LogP contribution in [-0.4, -0.2) is 16.6 Å². The Morgan fingerprint density at radius 1 is 0.435 bits per heavy atom. The third-order valence-corrected chi connectivity index (χ3v) is 15.6. The van der Waals surface area contributed by atoms with Crippen molar-refractivity contribution in [2.24, 2.45) is 17.8 Å². The van der Waals surface area contributed by atoms with Crippen molar-refractivity contribution in [2.45, 2.75) is 369 Å². The van der Waals surface area contributed by atoms with Gasteiger partial charge in [0.15, 0.2) is 0 Å². The number of esters is 1. The number of rotatable bonds is 55. The molecule has 0 spiro atoms. The van der Waals surface area contributed by atoms with Gasteiger partial charge in [0.1, 0.15) is 18.5 Å². The van der Waals surface area contributed by atoms with Gasteiger partial charge in [0, 0.05) is 6.42 Å². The van der Waals surface area contributed by atoms with Crippen molar-refractivity contribution in [3.8, 4) is 0 Å². The highest BCUT2D eigenvalue weighted by molar-refractivity contribution is 5.69. The zero-order valence-corrected chi connectivity index (χ0v) is 49.6. The molecule has 69 heavy (non-hydrogen) atoms. The molecule has 0 aliphatic carbocycles. The smallest absolute Gasteiger partial charge is 0.306 e. The molecule has 2 atom stereocenters. The first-order valence-corrected chi connectivity index (χ1v) is 31.6. The summed E-state index contributed by atoms with van der Waals surface area (Å²) >= 11 is 0. The van der Waals surface area contributed by atoms with Crippen molar-refractivity contribution in [3.05, 3.63) is 18.7 Å². The molecule has 0 saturated heterocycles. The molecule has 1 heterocycles. The van der Waals surface area contributed by atoms with E-state index in [1.165, 1.54) is 276 Å². The fraction of sp³-hybridized carbons (Fsp3) is 0.938. The van der Waals surface area contributed by atoms with E-state index in [1.54, 1.807) is 0 Å². The molecule has 0 fully saturated rings. The van der Waals surface area contributed by atoms with E-state index < -0.39 is 0 Å². The summed E-state index contributed by atoms with van der Waals surface area (Å²) < 4.78 is 10.9. The number of aryl methyl sites for hydroxylation is 2. The third-order valence-electron chi connectivity index (χ3n) is 15.6. The van der Waals surface area contributed by atoms with Crippen molar-refractivity contribution >= 4 is 5.97 Å². The molecule has 0 aliphatic heterocycles. The summed E-state index contributed by atoms with van der Waals surface area (Å²) in [5, 5.41) is 0. The number of carbonyl (C=O) groups is 1. The summed E-state index contributed by atoms with van der Waals surface area (Å²) in [6.45, 7) is 16.1. The molecule has 0 bridgehead atoms. The highest BCUT2D eigenvalue weighted by atomic mass is 79.9. The van der Waals surface area contributed by atoms with Crippen molar-refractivity contribution in [1.82, 2.24) is 4.57 Å². The van der Waals surface area contributed by atoms with E-state index in [0.29, 0.717) is 12.3 Å². The van der Waals surface area contributed by atoms with Crippen molar-refractivity contribution in [2.75, 3.05) is 0 Å². The van der Waals surface area contributed by atoms with Crippen LogP contribution in [0.15, 0.2) is 18.7 Å². The van der Waals surface area contributed by atoms with E-state index in [-0.39, 0.29) is 29.1 Å². The molecule has 1 aromatic rings. The molecule has 0 aliphatic rings. The van der Waals surface area contributed by atoms with Gasteiger partial charge in [-0.3, -0.25) is 4.79 Å². The maximum Gasteiger partial charge on any atom is 0.306 e. The first-order valence-electron chi connectivity index (χ1n) is 31.6. The summed E-state index contributed by atoms with van der Waals surface area (Å²) in [6, 6.07) is 0. The zero-order valence-electron chi connectivity index (χ0n) is 48.0.